The van der Waals surface area contributed by atoms with E-state index < -0.39 is 0 Å². The van der Waals surface area contributed by atoms with Crippen molar-refractivity contribution in [2.75, 3.05) is 25.0 Å². The van der Waals surface area contributed by atoms with Crippen LogP contribution in [0, 0.1) is 5.92 Å². The van der Waals surface area contributed by atoms with Crippen molar-refractivity contribution in [3.8, 4) is 0 Å². The molecule has 0 saturated heterocycles. The highest BCUT2D eigenvalue weighted by Crippen LogP contribution is 2.29. The molecule has 0 aliphatic carbocycles. The lowest BCUT2D eigenvalue weighted by atomic mass is 10.1. The molecule has 0 spiro atoms. The Morgan fingerprint density at radius 2 is 2.00 bits per heavy atom. The molecule has 1 aromatic rings. The highest BCUT2D eigenvalue weighted by molar-refractivity contribution is 6.33. The molecule has 3 heteroatoms. The SMILES string of the molecule is CCCCCN(C)c1c(Cl)cccc1CNCC(C)C. The lowest BCUT2D eigenvalue weighted by Gasteiger charge is -2.24. The van der Waals surface area contributed by atoms with Gasteiger partial charge in [-0.3, -0.25) is 0 Å². The summed E-state index contributed by atoms with van der Waals surface area (Å²) in [5, 5.41) is 4.36. The predicted molar refractivity (Wildman–Crippen MR) is 90.8 cm³/mol. The monoisotopic (exact) mass is 296 g/mol. The maximum atomic E-state index is 6.41. The molecule has 1 N–H and O–H groups in total. The zero-order chi connectivity index (χ0) is 15.0. The van der Waals surface area contributed by atoms with Crippen LogP contribution in [0.2, 0.25) is 5.02 Å². The normalized spacial score (nSPS) is 11.1. The zero-order valence-electron chi connectivity index (χ0n) is 13.4. The van der Waals surface area contributed by atoms with E-state index in [9.17, 15) is 0 Å². The lowest BCUT2D eigenvalue weighted by Crippen LogP contribution is -2.24. The molecule has 20 heavy (non-hydrogen) atoms. The van der Waals surface area contributed by atoms with E-state index in [1.54, 1.807) is 0 Å². The average molecular weight is 297 g/mol. The quantitative estimate of drug-likeness (QED) is 0.664. The van der Waals surface area contributed by atoms with Gasteiger partial charge in [-0.1, -0.05) is 57.3 Å². The summed E-state index contributed by atoms with van der Waals surface area (Å²) in [6, 6.07) is 6.20. The van der Waals surface area contributed by atoms with E-state index in [0.29, 0.717) is 5.92 Å². The molecule has 1 aromatic carbocycles. The number of anilines is 1. The first-order valence-corrected chi connectivity index (χ1v) is 8.13. The number of halogens is 1. The molecule has 114 valence electrons. The summed E-state index contributed by atoms with van der Waals surface area (Å²) in [6.07, 6.45) is 3.74. The summed E-state index contributed by atoms with van der Waals surface area (Å²) < 4.78 is 0. The Balaban J connectivity index is 2.71. The maximum absolute atomic E-state index is 6.41. The third kappa shape index (κ3) is 5.72. The van der Waals surface area contributed by atoms with Crippen molar-refractivity contribution in [3.05, 3.63) is 28.8 Å². The summed E-state index contributed by atoms with van der Waals surface area (Å²) in [4.78, 5) is 2.30. The van der Waals surface area contributed by atoms with Gasteiger partial charge in [0.2, 0.25) is 0 Å². The lowest BCUT2D eigenvalue weighted by molar-refractivity contribution is 0.552. The van der Waals surface area contributed by atoms with E-state index in [4.69, 9.17) is 11.6 Å². The van der Waals surface area contributed by atoms with Crippen LogP contribution in [-0.4, -0.2) is 20.1 Å². The van der Waals surface area contributed by atoms with Crippen molar-refractivity contribution in [1.82, 2.24) is 5.32 Å². The second-order valence-electron chi connectivity index (χ2n) is 5.90. The molecule has 0 aliphatic rings. The standard InChI is InChI=1S/C17H29ClN2/c1-5-6-7-11-20(4)17-15(9-8-10-16(17)18)13-19-12-14(2)3/h8-10,14,19H,5-7,11-13H2,1-4H3. The minimum Gasteiger partial charge on any atom is -0.373 e. The van der Waals surface area contributed by atoms with Crippen molar-refractivity contribution in [1.29, 1.82) is 0 Å². The molecule has 0 saturated carbocycles. The van der Waals surface area contributed by atoms with Gasteiger partial charge in [-0.05, 0) is 30.5 Å². The smallest absolute Gasteiger partial charge is 0.0642 e. The number of para-hydroxylation sites is 1. The van der Waals surface area contributed by atoms with Gasteiger partial charge in [-0.2, -0.15) is 0 Å². The number of benzene rings is 1. The Labute approximate surface area is 129 Å². The molecule has 0 aliphatic heterocycles. The molecular formula is C17H29ClN2. The molecule has 2 nitrogen and oxygen atoms in total. The zero-order valence-corrected chi connectivity index (χ0v) is 14.1. The number of hydrogen-bond acceptors (Lipinski definition) is 2. The Morgan fingerprint density at radius 3 is 2.65 bits per heavy atom. The molecule has 0 unspecified atom stereocenters. The van der Waals surface area contributed by atoms with Gasteiger partial charge in [-0.25, -0.2) is 0 Å². The van der Waals surface area contributed by atoms with Gasteiger partial charge in [0.15, 0.2) is 0 Å². The molecule has 0 atom stereocenters. The number of nitrogens with one attached hydrogen (secondary N) is 1. The molecule has 0 heterocycles. The van der Waals surface area contributed by atoms with Crippen molar-refractivity contribution in [3.63, 3.8) is 0 Å². The fourth-order valence-corrected chi connectivity index (χ4v) is 2.67. The minimum absolute atomic E-state index is 0.667. The third-order valence-corrected chi connectivity index (χ3v) is 3.72. The molecule has 0 amide bonds. The summed E-state index contributed by atoms with van der Waals surface area (Å²) in [5.74, 6) is 0.667. The fourth-order valence-electron chi connectivity index (χ4n) is 2.34. The average Bonchev–Trinajstić information content (AvgIpc) is 2.38. The van der Waals surface area contributed by atoms with Crippen LogP contribution < -0.4 is 10.2 Å². The number of nitrogens with zero attached hydrogens (tertiary/aromatic N) is 1. The van der Waals surface area contributed by atoms with Crippen LogP contribution in [0.3, 0.4) is 0 Å². The predicted octanol–water partition coefficient (Wildman–Crippen LogP) is 4.71. The van der Waals surface area contributed by atoms with Gasteiger partial charge in [-0.15, -0.1) is 0 Å². The first kappa shape index (κ1) is 17.3. The highest BCUT2D eigenvalue weighted by Gasteiger charge is 2.11. The number of rotatable bonds is 9. The van der Waals surface area contributed by atoms with Crippen LogP contribution in [-0.2, 0) is 6.54 Å². The summed E-state index contributed by atoms with van der Waals surface area (Å²) in [5.41, 5.74) is 2.47. The van der Waals surface area contributed by atoms with E-state index >= 15 is 0 Å². The van der Waals surface area contributed by atoms with E-state index in [2.05, 4.69) is 44.1 Å². The second kappa shape index (κ2) is 9.25. The van der Waals surface area contributed by atoms with Gasteiger partial charge >= 0.3 is 0 Å². The Bertz CT molecular complexity index is 391. The van der Waals surface area contributed by atoms with E-state index in [-0.39, 0.29) is 0 Å². The van der Waals surface area contributed by atoms with Crippen molar-refractivity contribution in [2.45, 2.75) is 46.6 Å². The van der Waals surface area contributed by atoms with Gasteiger partial charge in [0.1, 0.15) is 0 Å². The van der Waals surface area contributed by atoms with E-state index in [1.165, 1.54) is 30.5 Å². The molecule has 0 bridgehead atoms. The Kier molecular flexibility index (Phi) is 8.01. The van der Waals surface area contributed by atoms with E-state index in [1.807, 2.05) is 12.1 Å². The maximum Gasteiger partial charge on any atom is 0.0642 e. The second-order valence-corrected chi connectivity index (χ2v) is 6.31. The van der Waals surface area contributed by atoms with Crippen molar-refractivity contribution in [2.24, 2.45) is 5.92 Å². The third-order valence-electron chi connectivity index (χ3n) is 3.42. The van der Waals surface area contributed by atoms with Crippen LogP contribution in [0.15, 0.2) is 18.2 Å². The van der Waals surface area contributed by atoms with E-state index in [0.717, 1.165) is 24.7 Å². The van der Waals surface area contributed by atoms with Crippen LogP contribution >= 0.6 is 11.6 Å². The van der Waals surface area contributed by atoms with Crippen molar-refractivity contribution < 1.29 is 0 Å². The topological polar surface area (TPSA) is 15.3 Å². The van der Waals surface area contributed by atoms with Gasteiger partial charge < -0.3 is 10.2 Å². The first-order chi connectivity index (χ1) is 9.56. The fraction of sp³-hybridized carbons (Fsp3) is 0.647. The minimum atomic E-state index is 0.667. The molecule has 0 aromatic heterocycles. The Morgan fingerprint density at radius 1 is 1.25 bits per heavy atom. The van der Waals surface area contributed by atoms with Crippen LogP contribution in [0.4, 0.5) is 5.69 Å². The van der Waals surface area contributed by atoms with Gasteiger partial charge in [0, 0.05) is 20.1 Å². The Hall–Kier alpha value is -0.730. The first-order valence-electron chi connectivity index (χ1n) is 7.75. The van der Waals surface area contributed by atoms with Crippen LogP contribution in [0.25, 0.3) is 0 Å². The molecule has 0 radical (unpaired) electrons. The summed E-state index contributed by atoms with van der Waals surface area (Å²) in [7, 11) is 2.14. The van der Waals surface area contributed by atoms with Gasteiger partial charge in [0.25, 0.3) is 0 Å². The highest BCUT2D eigenvalue weighted by atomic mass is 35.5. The molecule has 0 fully saturated rings. The largest absolute Gasteiger partial charge is 0.373 e. The summed E-state index contributed by atoms with van der Waals surface area (Å²) >= 11 is 6.41. The van der Waals surface area contributed by atoms with Crippen LogP contribution in [0.1, 0.15) is 45.6 Å². The number of hydrogen-bond donors (Lipinski definition) is 1. The molecular weight excluding hydrogens is 268 g/mol. The van der Waals surface area contributed by atoms with Crippen molar-refractivity contribution >= 4 is 17.3 Å². The summed E-state index contributed by atoms with van der Waals surface area (Å²) in [6.45, 7) is 9.66. The number of unbranched alkanes of at least 4 members (excludes halogenated alkanes) is 2. The molecule has 1 rings (SSSR count). The van der Waals surface area contributed by atoms with Crippen LogP contribution in [0.5, 0.6) is 0 Å². The van der Waals surface area contributed by atoms with Gasteiger partial charge in [0.05, 0.1) is 10.7 Å².